The summed E-state index contributed by atoms with van der Waals surface area (Å²) in [6.07, 6.45) is 6.37. The number of carbonyl (C=O) groups is 1. The molecule has 0 bridgehead atoms. The second-order valence-electron chi connectivity index (χ2n) is 6.88. The highest BCUT2D eigenvalue weighted by Gasteiger charge is 2.28. The fourth-order valence-corrected chi connectivity index (χ4v) is 3.31. The zero-order valence-electron chi connectivity index (χ0n) is 15.0. The predicted octanol–water partition coefficient (Wildman–Crippen LogP) is 3.39. The van der Waals surface area contributed by atoms with Gasteiger partial charge in [0.2, 0.25) is 5.91 Å². The summed E-state index contributed by atoms with van der Waals surface area (Å²) in [5.41, 5.74) is 1.12. The molecule has 1 aliphatic carbocycles. The number of benzene rings is 1. The second-order valence-corrected chi connectivity index (χ2v) is 6.88. The molecule has 1 aromatic carbocycles. The first-order chi connectivity index (χ1) is 11.4. The summed E-state index contributed by atoms with van der Waals surface area (Å²) in [6, 6.07) is 5.85. The Labute approximate surface area is 144 Å². The molecule has 0 spiro atoms. The van der Waals surface area contributed by atoms with Crippen molar-refractivity contribution < 1.29 is 14.6 Å². The largest absolute Gasteiger partial charge is 0.495 e. The molecule has 1 amide bonds. The van der Waals surface area contributed by atoms with Crippen LogP contribution in [0.5, 0.6) is 5.75 Å². The molecule has 0 aliphatic heterocycles. The Balaban J connectivity index is 2.03. The number of rotatable bonds is 6. The van der Waals surface area contributed by atoms with Gasteiger partial charge in [-0.25, -0.2) is 0 Å². The standard InChI is InChI=1S/C19H30N2O3/c1-14(20-13-19(23)10-6-4-5-7-11-19)16-8-9-18(24-3)17(12-16)21-15(2)22/h8-9,12,14,20,23H,4-7,10-11,13H2,1-3H3,(H,21,22). The Kier molecular flexibility index (Phi) is 6.63. The molecule has 1 unspecified atom stereocenters. The first-order valence-electron chi connectivity index (χ1n) is 8.85. The lowest BCUT2D eigenvalue weighted by molar-refractivity contribution is -0.114. The minimum Gasteiger partial charge on any atom is -0.495 e. The number of ether oxygens (including phenoxy) is 1. The lowest BCUT2D eigenvalue weighted by Crippen LogP contribution is -2.41. The summed E-state index contributed by atoms with van der Waals surface area (Å²) in [5.74, 6) is 0.516. The molecule has 3 N–H and O–H groups in total. The number of nitrogens with one attached hydrogen (secondary N) is 2. The molecule has 1 fully saturated rings. The number of hydrogen-bond acceptors (Lipinski definition) is 4. The van der Waals surface area contributed by atoms with E-state index in [9.17, 15) is 9.90 Å². The maximum Gasteiger partial charge on any atom is 0.221 e. The van der Waals surface area contributed by atoms with Gasteiger partial charge < -0.3 is 20.5 Å². The van der Waals surface area contributed by atoms with Crippen LogP contribution in [0.4, 0.5) is 5.69 Å². The number of amides is 1. The van der Waals surface area contributed by atoms with Gasteiger partial charge in [0.25, 0.3) is 0 Å². The van der Waals surface area contributed by atoms with Gasteiger partial charge in [0, 0.05) is 19.5 Å². The minimum absolute atomic E-state index is 0.0793. The lowest BCUT2D eigenvalue weighted by atomic mass is 9.94. The molecule has 0 radical (unpaired) electrons. The van der Waals surface area contributed by atoms with Crippen LogP contribution in [-0.2, 0) is 4.79 Å². The van der Waals surface area contributed by atoms with E-state index in [0.717, 1.165) is 31.2 Å². The molecular weight excluding hydrogens is 304 g/mol. The SMILES string of the molecule is COc1ccc(C(C)NCC2(O)CCCCCC2)cc1NC(C)=O. The van der Waals surface area contributed by atoms with Gasteiger partial charge in [-0.15, -0.1) is 0 Å². The van der Waals surface area contributed by atoms with Crippen LogP contribution in [0.15, 0.2) is 18.2 Å². The summed E-state index contributed by atoms with van der Waals surface area (Å²) < 4.78 is 5.29. The number of hydrogen-bond donors (Lipinski definition) is 3. The topological polar surface area (TPSA) is 70.6 Å². The van der Waals surface area contributed by atoms with Gasteiger partial charge in [0.15, 0.2) is 0 Å². The van der Waals surface area contributed by atoms with E-state index in [0.29, 0.717) is 18.0 Å². The van der Waals surface area contributed by atoms with E-state index in [2.05, 4.69) is 17.6 Å². The van der Waals surface area contributed by atoms with Gasteiger partial charge in [0.1, 0.15) is 5.75 Å². The fourth-order valence-electron chi connectivity index (χ4n) is 3.31. The molecule has 1 atom stereocenters. The Morgan fingerprint density at radius 1 is 1.29 bits per heavy atom. The predicted molar refractivity (Wildman–Crippen MR) is 96.4 cm³/mol. The van der Waals surface area contributed by atoms with Gasteiger partial charge in [-0.05, 0) is 37.5 Å². The first kappa shape index (κ1) is 18.7. The third-order valence-electron chi connectivity index (χ3n) is 4.81. The van der Waals surface area contributed by atoms with E-state index >= 15 is 0 Å². The molecule has 0 saturated heterocycles. The van der Waals surface area contributed by atoms with Crippen molar-refractivity contribution >= 4 is 11.6 Å². The van der Waals surface area contributed by atoms with E-state index < -0.39 is 5.60 Å². The quantitative estimate of drug-likeness (QED) is 0.698. The van der Waals surface area contributed by atoms with Crippen LogP contribution in [0.2, 0.25) is 0 Å². The highest BCUT2D eigenvalue weighted by molar-refractivity contribution is 5.90. The number of anilines is 1. The Hall–Kier alpha value is -1.59. The molecule has 2 rings (SSSR count). The zero-order chi connectivity index (χ0) is 17.6. The van der Waals surface area contributed by atoms with Crippen LogP contribution in [0.1, 0.15) is 64.0 Å². The molecule has 0 aromatic heterocycles. The second kappa shape index (κ2) is 8.49. The molecule has 1 saturated carbocycles. The summed E-state index contributed by atoms with van der Waals surface area (Å²) in [6.45, 7) is 4.14. The number of carbonyl (C=O) groups excluding carboxylic acids is 1. The van der Waals surface area contributed by atoms with Gasteiger partial charge in [-0.1, -0.05) is 31.7 Å². The van der Waals surface area contributed by atoms with Crippen LogP contribution in [0.3, 0.4) is 0 Å². The number of methoxy groups -OCH3 is 1. The van der Waals surface area contributed by atoms with Crippen molar-refractivity contribution in [1.82, 2.24) is 5.32 Å². The van der Waals surface area contributed by atoms with Gasteiger partial charge in [0.05, 0.1) is 18.4 Å². The average Bonchev–Trinajstić information content (AvgIpc) is 2.77. The average molecular weight is 334 g/mol. The third-order valence-corrected chi connectivity index (χ3v) is 4.81. The molecular formula is C19H30N2O3. The van der Waals surface area contributed by atoms with E-state index in [-0.39, 0.29) is 11.9 Å². The molecule has 24 heavy (non-hydrogen) atoms. The molecule has 0 heterocycles. The van der Waals surface area contributed by atoms with Crippen molar-refractivity contribution in [2.75, 3.05) is 19.0 Å². The van der Waals surface area contributed by atoms with Crippen molar-refractivity contribution in [3.05, 3.63) is 23.8 Å². The summed E-state index contributed by atoms with van der Waals surface area (Å²) >= 11 is 0. The van der Waals surface area contributed by atoms with Gasteiger partial charge >= 0.3 is 0 Å². The van der Waals surface area contributed by atoms with Crippen LogP contribution >= 0.6 is 0 Å². The molecule has 134 valence electrons. The highest BCUT2D eigenvalue weighted by Crippen LogP contribution is 2.30. The van der Waals surface area contributed by atoms with E-state index in [1.807, 2.05) is 18.2 Å². The molecule has 5 nitrogen and oxygen atoms in total. The zero-order valence-corrected chi connectivity index (χ0v) is 15.0. The van der Waals surface area contributed by atoms with Crippen molar-refractivity contribution in [3.63, 3.8) is 0 Å². The molecule has 1 aromatic rings. The summed E-state index contributed by atoms with van der Waals surface area (Å²) in [7, 11) is 1.59. The Bertz CT molecular complexity index is 552. The van der Waals surface area contributed by atoms with E-state index in [1.165, 1.54) is 19.8 Å². The molecule has 5 heteroatoms. The van der Waals surface area contributed by atoms with Gasteiger partial charge in [-0.2, -0.15) is 0 Å². The fraction of sp³-hybridized carbons (Fsp3) is 0.632. The summed E-state index contributed by atoms with van der Waals surface area (Å²) in [5, 5.41) is 17.0. The molecule has 1 aliphatic rings. The lowest BCUT2D eigenvalue weighted by Gasteiger charge is -2.29. The monoisotopic (exact) mass is 334 g/mol. The van der Waals surface area contributed by atoms with Crippen molar-refractivity contribution in [2.45, 2.75) is 64.0 Å². The Morgan fingerprint density at radius 2 is 1.96 bits per heavy atom. The normalized spacial score (nSPS) is 18.5. The van der Waals surface area contributed by atoms with Crippen LogP contribution in [-0.4, -0.2) is 30.3 Å². The Morgan fingerprint density at radius 3 is 2.54 bits per heavy atom. The highest BCUT2D eigenvalue weighted by atomic mass is 16.5. The van der Waals surface area contributed by atoms with Crippen LogP contribution in [0.25, 0.3) is 0 Å². The van der Waals surface area contributed by atoms with E-state index in [1.54, 1.807) is 7.11 Å². The van der Waals surface area contributed by atoms with Crippen LogP contribution < -0.4 is 15.4 Å². The number of aliphatic hydroxyl groups is 1. The van der Waals surface area contributed by atoms with Crippen LogP contribution in [0, 0.1) is 0 Å². The third kappa shape index (κ3) is 5.21. The maximum atomic E-state index is 11.4. The smallest absolute Gasteiger partial charge is 0.221 e. The van der Waals surface area contributed by atoms with Gasteiger partial charge in [-0.3, -0.25) is 4.79 Å². The maximum absolute atomic E-state index is 11.4. The summed E-state index contributed by atoms with van der Waals surface area (Å²) in [4.78, 5) is 11.4. The first-order valence-corrected chi connectivity index (χ1v) is 8.85. The minimum atomic E-state index is -0.600. The van der Waals surface area contributed by atoms with Crippen molar-refractivity contribution in [3.8, 4) is 5.75 Å². The van der Waals surface area contributed by atoms with Crippen molar-refractivity contribution in [2.24, 2.45) is 0 Å². The van der Waals surface area contributed by atoms with Crippen molar-refractivity contribution in [1.29, 1.82) is 0 Å². The van der Waals surface area contributed by atoms with E-state index in [4.69, 9.17) is 4.74 Å².